The fourth-order valence-corrected chi connectivity index (χ4v) is 3.64. The summed E-state index contributed by atoms with van der Waals surface area (Å²) in [6.45, 7) is 4.16. The zero-order chi connectivity index (χ0) is 13.9. The third-order valence-corrected chi connectivity index (χ3v) is 4.98. The van der Waals surface area contributed by atoms with Gasteiger partial charge in [-0.3, -0.25) is 9.69 Å². The van der Waals surface area contributed by atoms with E-state index in [0.717, 1.165) is 25.9 Å². The second-order valence-electron chi connectivity index (χ2n) is 6.27. The molecule has 19 heavy (non-hydrogen) atoms. The molecule has 1 saturated heterocycles. The number of nitrogens with zero attached hydrogens (tertiary/aromatic N) is 1. The number of piperidine rings is 1. The van der Waals surface area contributed by atoms with Gasteiger partial charge in [-0.05, 0) is 51.6 Å². The maximum atomic E-state index is 12.0. The average molecular weight is 267 g/mol. The summed E-state index contributed by atoms with van der Waals surface area (Å²) in [5, 5.41) is 3.27. The van der Waals surface area contributed by atoms with Gasteiger partial charge in [-0.25, -0.2) is 0 Å². The highest BCUT2D eigenvalue weighted by atomic mass is 16.1. The van der Waals surface area contributed by atoms with Crippen LogP contribution in [0.4, 0.5) is 0 Å². The van der Waals surface area contributed by atoms with Crippen LogP contribution in [0, 0.1) is 5.92 Å². The number of rotatable bonds is 7. The second kappa shape index (κ2) is 6.23. The number of nitrogens with one attached hydrogen (secondary N) is 1. The van der Waals surface area contributed by atoms with Gasteiger partial charge in [0.1, 0.15) is 5.54 Å². The van der Waals surface area contributed by atoms with Gasteiger partial charge in [0.25, 0.3) is 0 Å². The molecule has 2 aliphatic rings. The van der Waals surface area contributed by atoms with Crippen LogP contribution in [0.15, 0.2) is 0 Å². The molecular formula is C15H29N3O. The highest BCUT2D eigenvalue weighted by molar-refractivity contribution is 5.86. The molecule has 1 aliphatic carbocycles. The van der Waals surface area contributed by atoms with Crippen molar-refractivity contribution in [3.05, 3.63) is 0 Å². The average Bonchev–Trinajstić information content (AvgIpc) is 3.22. The number of hydrogen-bond donors (Lipinski definition) is 2. The van der Waals surface area contributed by atoms with Crippen LogP contribution in [0.3, 0.4) is 0 Å². The number of hydrogen-bond acceptors (Lipinski definition) is 3. The summed E-state index contributed by atoms with van der Waals surface area (Å²) in [5.41, 5.74) is 5.23. The Kier molecular flexibility index (Phi) is 4.85. The Morgan fingerprint density at radius 1 is 1.37 bits per heavy atom. The van der Waals surface area contributed by atoms with E-state index in [1.807, 2.05) is 7.05 Å². The second-order valence-corrected chi connectivity index (χ2v) is 6.27. The van der Waals surface area contributed by atoms with Crippen LogP contribution in [0.25, 0.3) is 0 Å². The molecule has 0 aromatic rings. The van der Waals surface area contributed by atoms with Gasteiger partial charge in [-0.2, -0.15) is 0 Å². The van der Waals surface area contributed by atoms with Crippen molar-refractivity contribution in [2.45, 2.75) is 63.5 Å². The molecule has 2 fully saturated rings. The summed E-state index contributed by atoms with van der Waals surface area (Å²) in [6.07, 6.45) is 8.58. The predicted octanol–water partition coefficient (Wildman–Crippen LogP) is 1.49. The van der Waals surface area contributed by atoms with Crippen LogP contribution in [0.2, 0.25) is 0 Å². The molecule has 4 nitrogen and oxygen atoms in total. The third kappa shape index (κ3) is 3.11. The van der Waals surface area contributed by atoms with Gasteiger partial charge in [-0.15, -0.1) is 0 Å². The van der Waals surface area contributed by atoms with Crippen molar-refractivity contribution in [2.75, 3.05) is 20.1 Å². The van der Waals surface area contributed by atoms with E-state index in [9.17, 15) is 4.79 Å². The summed E-state index contributed by atoms with van der Waals surface area (Å²) >= 11 is 0. The van der Waals surface area contributed by atoms with Crippen molar-refractivity contribution >= 4 is 5.91 Å². The normalized spacial score (nSPS) is 28.0. The Morgan fingerprint density at radius 3 is 2.63 bits per heavy atom. The minimum atomic E-state index is -0.497. The fraction of sp³-hybridized carbons (Fsp3) is 0.933. The van der Waals surface area contributed by atoms with Crippen molar-refractivity contribution in [2.24, 2.45) is 11.7 Å². The monoisotopic (exact) mass is 267 g/mol. The van der Waals surface area contributed by atoms with Crippen LogP contribution in [-0.2, 0) is 4.79 Å². The van der Waals surface area contributed by atoms with E-state index in [2.05, 4.69) is 17.1 Å². The summed E-state index contributed by atoms with van der Waals surface area (Å²) in [4.78, 5) is 14.5. The minimum absolute atomic E-state index is 0.168. The van der Waals surface area contributed by atoms with E-state index < -0.39 is 5.54 Å². The molecule has 2 rings (SSSR count). The van der Waals surface area contributed by atoms with Gasteiger partial charge in [0, 0.05) is 12.6 Å². The van der Waals surface area contributed by atoms with Gasteiger partial charge >= 0.3 is 0 Å². The Balaban J connectivity index is 2.08. The maximum Gasteiger partial charge on any atom is 0.239 e. The molecule has 4 heteroatoms. The molecule has 3 N–H and O–H groups in total. The predicted molar refractivity (Wildman–Crippen MR) is 77.8 cm³/mol. The summed E-state index contributed by atoms with van der Waals surface area (Å²) in [7, 11) is 1.89. The lowest BCUT2D eigenvalue weighted by Crippen LogP contribution is -2.63. The SMILES string of the molecule is CCCC1CCCCN1CC(NC)(C(N)=O)C1CC1. The van der Waals surface area contributed by atoms with E-state index in [0.29, 0.717) is 12.0 Å². The largest absolute Gasteiger partial charge is 0.368 e. The molecule has 1 heterocycles. The van der Waals surface area contributed by atoms with Gasteiger partial charge in [-0.1, -0.05) is 19.8 Å². The van der Waals surface area contributed by atoms with Crippen LogP contribution in [0.1, 0.15) is 51.9 Å². The lowest BCUT2D eigenvalue weighted by molar-refractivity contribution is -0.126. The molecule has 0 bridgehead atoms. The third-order valence-electron chi connectivity index (χ3n) is 4.98. The van der Waals surface area contributed by atoms with Crippen molar-refractivity contribution in [3.63, 3.8) is 0 Å². The molecule has 0 aromatic carbocycles. The van der Waals surface area contributed by atoms with Crippen LogP contribution in [0.5, 0.6) is 0 Å². The highest BCUT2D eigenvalue weighted by Crippen LogP contribution is 2.40. The molecular weight excluding hydrogens is 238 g/mol. The number of carbonyl (C=O) groups is 1. The zero-order valence-corrected chi connectivity index (χ0v) is 12.5. The summed E-state index contributed by atoms with van der Waals surface area (Å²) in [6, 6.07) is 0.643. The summed E-state index contributed by atoms with van der Waals surface area (Å²) in [5.74, 6) is 0.275. The Morgan fingerprint density at radius 2 is 2.11 bits per heavy atom. The summed E-state index contributed by atoms with van der Waals surface area (Å²) < 4.78 is 0. The first-order valence-electron chi connectivity index (χ1n) is 7.87. The molecule has 2 unspecified atom stereocenters. The molecule has 0 radical (unpaired) electrons. The van der Waals surface area contributed by atoms with E-state index in [1.54, 1.807) is 0 Å². The van der Waals surface area contributed by atoms with E-state index >= 15 is 0 Å². The smallest absolute Gasteiger partial charge is 0.239 e. The first-order valence-corrected chi connectivity index (χ1v) is 7.87. The van der Waals surface area contributed by atoms with E-state index in [1.165, 1.54) is 32.1 Å². The van der Waals surface area contributed by atoms with Crippen molar-refractivity contribution in [1.29, 1.82) is 0 Å². The van der Waals surface area contributed by atoms with Crippen LogP contribution >= 0.6 is 0 Å². The van der Waals surface area contributed by atoms with Gasteiger partial charge in [0.15, 0.2) is 0 Å². The Hall–Kier alpha value is -0.610. The van der Waals surface area contributed by atoms with Crippen LogP contribution < -0.4 is 11.1 Å². The number of carbonyl (C=O) groups excluding carboxylic acids is 1. The fourth-order valence-electron chi connectivity index (χ4n) is 3.64. The molecule has 1 amide bonds. The molecule has 110 valence electrons. The van der Waals surface area contributed by atoms with Crippen molar-refractivity contribution in [1.82, 2.24) is 10.2 Å². The minimum Gasteiger partial charge on any atom is -0.368 e. The lowest BCUT2D eigenvalue weighted by Gasteiger charge is -2.42. The number of amides is 1. The standard InChI is InChI=1S/C15H29N3O/c1-3-6-13-7-4-5-10-18(13)11-15(17-2,14(16)19)12-8-9-12/h12-13,17H,3-11H2,1-2H3,(H2,16,19). The van der Waals surface area contributed by atoms with Crippen LogP contribution in [-0.4, -0.2) is 42.5 Å². The van der Waals surface area contributed by atoms with Crippen molar-refractivity contribution in [3.8, 4) is 0 Å². The molecule has 0 aromatic heterocycles. The van der Waals surface area contributed by atoms with Gasteiger partial charge in [0.2, 0.25) is 5.91 Å². The first-order chi connectivity index (χ1) is 9.14. The molecule has 1 aliphatic heterocycles. The zero-order valence-electron chi connectivity index (χ0n) is 12.5. The molecule has 2 atom stereocenters. The number of likely N-dealkylation sites (N-methyl/N-ethyl adjacent to an activating group) is 1. The first kappa shape index (κ1) is 14.8. The molecule has 0 spiro atoms. The van der Waals surface area contributed by atoms with E-state index in [4.69, 9.17) is 5.73 Å². The van der Waals surface area contributed by atoms with E-state index in [-0.39, 0.29) is 5.91 Å². The van der Waals surface area contributed by atoms with Gasteiger partial charge in [0.05, 0.1) is 0 Å². The Bertz CT molecular complexity index is 315. The van der Waals surface area contributed by atoms with Gasteiger partial charge < -0.3 is 11.1 Å². The lowest BCUT2D eigenvalue weighted by atomic mass is 9.88. The van der Waals surface area contributed by atoms with Crippen molar-refractivity contribution < 1.29 is 4.79 Å². The number of nitrogens with two attached hydrogens (primary N) is 1. The maximum absolute atomic E-state index is 12.0. The quantitative estimate of drug-likeness (QED) is 0.735. The number of likely N-dealkylation sites (tertiary alicyclic amines) is 1. The molecule has 1 saturated carbocycles. The number of primary amides is 1. The highest BCUT2D eigenvalue weighted by Gasteiger charge is 2.50. The Labute approximate surface area is 117 Å². The topological polar surface area (TPSA) is 58.4 Å².